The number of benzene rings is 1. The van der Waals surface area contributed by atoms with Crippen LogP contribution in [0.5, 0.6) is 5.75 Å². The number of amides is 1. The Balaban J connectivity index is 2.48. The number of nitrogens with one attached hydrogen (secondary N) is 1. The number of hydrogen-bond acceptors (Lipinski definition) is 2. The first kappa shape index (κ1) is 16.8. The van der Waals surface area contributed by atoms with E-state index in [0.29, 0.717) is 18.9 Å². The molecule has 0 bridgehead atoms. The van der Waals surface area contributed by atoms with E-state index in [0.717, 1.165) is 22.4 Å². The van der Waals surface area contributed by atoms with Gasteiger partial charge in [0.05, 0.1) is 6.61 Å². The maximum atomic E-state index is 10.4. The predicted molar refractivity (Wildman–Crippen MR) is 83.4 cm³/mol. The molecule has 1 aromatic carbocycles. The van der Waals surface area contributed by atoms with Crippen molar-refractivity contribution in [2.75, 3.05) is 13.2 Å². The van der Waals surface area contributed by atoms with Gasteiger partial charge in [0.2, 0.25) is 0 Å². The average molecular weight is 344 g/mol. The van der Waals surface area contributed by atoms with E-state index < -0.39 is 6.09 Å². The third-order valence-electron chi connectivity index (χ3n) is 3.01. The second-order valence-corrected chi connectivity index (χ2v) is 5.79. The second-order valence-electron chi connectivity index (χ2n) is 4.94. The van der Waals surface area contributed by atoms with Gasteiger partial charge in [-0.15, -0.1) is 0 Å². The van der Waals surface area contributed by atoms with Crippen LogP contribution in [-0.2, 0) is 6.42 Å². The van der Waals surface area contributed by atoms with Crippen LogP contribution in [0.3, 0.4) is 0 Å². The Kier molecular flexibility index (Phi) is 7.44. The van der Waals surface area contributed by atoms with Crippen molar-refractivity contribution >= 4 is 22.0 Å². The average Bonchev–Trinajstić information content (AvgIpc) is 2.38. The monoisotopic (exact) mass is 343 g/mol. The van der Waals surface area contributed by atoms with Crippen molar-refractivity contribution in [3.05, 3.63) is 28.2 Å². The van der Waals surface area contributed by atoms with Crippen LogP contribution >= 0.6 is 15.9 Å². The molecule has 5 heteroatoms. The van der Waals surface area contributed by atoms with E-state index in [1.54, 1.807) is 0 Å². The molecule has 0 aliphatic carbocycles. The zero-order valence-electron chi connectivity index (χ0n) is 12.0. The van der Waals surface area contributed by atoms with Gasteiger partial charge in [-0.2, -0.15) is 0 Å². The summed E-state index contributed by atoms with van der Waals surface area (Å²) in [5, 5.41) is 10.9. The molecule has 0 aliphatic rings. The van der Waals surface area contributed by atoms with Crippen molar-refractivity contribution in [1.29, 1.82) is 0 Å². The first-order valence-electron chi connectivity index (χ1n) is 6.91. The molecule has 112 valence electrons. The number of rotatable bonds is 8. The first-order valence-corrected chi connectivity index (χ1v) is 7.70. The van der Waals surface area contributed by atoms with Crippen molar-refractivity contribution in [3.63, 3.8) is 0 Å². The lowest BCUT2D eigenvalue weighted by Crippen LogP contribution is -2.23. The highest BCUT2D eigenvalue weighted by atomic mass is 79.9. The zero-order chi connectivity index (χ0) is 15.0. The summed E-state index contributed by atoms with van der Waals surface area (Å²) in [6.07, 6.45) is 1.99. The van der Waals surface area contributed by atoms with Gasteiger partial charge in [0.25, 0.3) is 0 Å². The van der Waals surface area contributed by atoms with Crippen LogP contribution < -0.4 is 10.1 Å². The van der Waals surface area contributed by atoms with Crippen LogP contribution in [0.25, 0.3) is 0 Å². The van der Waals surface area contributed by atoms with Gasteiger partial charge in [-0.1, -0.05) is 42.3 Å². The zero-order valence-corrected chi connectivity index (χ0v) is 13.6. The van der Waals surface area contributed by atoms with Crippen LogP contribution in [0.1, 0.15) is 32.3 Å². The van der Waals surface area contributed by atoms with E-state index in [9.17, 15) is 4.79 Å². The van der Waals surface area contributed by atoms with Crippen molar-refractivity contribution in [1.82, 2.24) is 5.32 Å². The Hall–Kier alpha value is -1.23. The maximum absolute atomic E-state index is 10.4. The second kappa shape index (κ2) is 8.84. The van der Waals surface area contributed by atoms with Gasteiger partial charge < -0.3 is 15.2 Å². The van der Waals surface area contributed by atoms with E-state index in [2.05, 4.69) is 35.1 Å². The molecule has 1 atom stereocenters. The molecule has 1 amide bonds. The molecule has 1 aromatic rings. The summed E-state index contributed by atoms with van der Waals surface area (Å²) in [7, 11) is 0. The smallest absolute Gasteiger partial charge is 0.404 e. The van der Waals surface area contributed by atoms with E-state index in [4.69, 9.17) is 9.84 Å². The highest BCUT2D eigenvalue weighted by Gasteiger charge is 2.05. The molecule has 20 heavy (non-hydrogen) atoms. The lowest BCUT2D eigenvalue weighted by atomic mass is 10.1. The summed E-state index contributed by atoms with van der Waals surface area (Å²) in [6, 6.07) is 5.84. The summed E-state index contributed by atoms with van der Waals surface area (Å²) in [4.78, 5) is 10.4. The summed E-state index contributed by atoms with van der Waals surface area (Å²) in [5.74, 6) is 1.40. The van der Waals surface area contributed by atoms with Gasteiger partial charge >= 0.3 is 6.09 Å². The number of hydrogen-bond donors (Lipinski definition) is 2. The Morgan fingerprint density at radius 2 is 2.25 bits per heavy atom. The third kappa shape index (κ3) is 6.28. The fourth-order valence-corrected chi connectivity index (χ4v) is 2.50. The van der Waals surface area contributed by atoms with E-state index >= 15 is 0 Å². The topological polar surface area (TPSA) is 58.6 Å². The summed E-state index contributed by atoms with van der Waals surface area (Å²) in [6.45, 7) is 5.49. The molecule has 1 unspecified atom stereocenters. The lowest BCUT2D eigenvalue weighted by Gasteiger charge is -2.13. The molecule has 0 aliphatic heterocycles. The molecule has 0 heterocycles. The predicted octanol–water partition coefficient (Wildman–Crippen LogP) is 4.07. The van der Waals surface area contributed by atoms with Gasteiger partial charge in [-0.25, -0.2) is 4.79 Å². The third-order valence-corrected chi connectivity index (χ3v) is 3.75. The minimum absolute atomic E-state index is 0.404. The SMILES string of the molecule is CCCC(C)COc1ccc(CCNC(=O)O)c(Br)c1. The number of halogens is 1. The lowest BCUT2D eigenvalue weighted by molar-refractivity contribution is 0.194. The van der Waals surface area contributed by atoms with Gasteiger partial charge in [0.15, 0.2) is 0 Å². The highest BCUT2D eigenvalue weighted by Crippen LogP contribution is 2.24. The highest BCUT2D eigenvalue weighted by molar-refractivity contribution is 9.10. The molecular weight excluding hydrogens is 322 g/mol. The van der Waals surface area contributed by atoms with Crippen LogP contribution in [-0.4, -0.2) is 24.4 Å². The molecule has 0 fully saturated rings. The Labute approximate surface area is 128 Å². The van der Waals surface area contributed by atoms with E-state index in [-0.39, 0.29) is 0 Å². The Morgan fingerprint density at radius 3 is 2.85 bits per heavy atom. The fraction of sp³-hybridized carbons (Fsp3) is 0.533. The van der Waals surface area contributed by atoms with Crippen molar-refractivity contribution < 1.29 is 14.6 Å². The van der Waals surface area contributed by atoms with Gasteiger partial charge in [-0.3, -0.25) is 0 Å². The Bertz CT molecular complexity index is 437. The molecule has 0 saturated carbocycles. The normalized spacial score (nSPS) is 11.9. The number of ether oxygens (including phenoxy) is 1. The van der Waals surface area contributed by atoms with Gasteiger partial charge in [0, 0.05) is 11.0 Å². The molecule has 0 saturated heterocycles. The van der Waals surface area contributed by atoms with E-state index in [1.165, 1.54) is 12.8 Å². The van der Waals surface area contributed by atoms with Crippen molar-refractivity contribution in [2.45, 2.75) is 33.1 Å². The molecule has 0 radical (unpaired) electrons. The molecule has 4 nitrogen and oxygen atoms in total. The fourth-order valence-electron chi connectivity index (χ4n) is 1.94. The Morgan fingerprint density at radius 1 is 1.50 bits per heavy atom. The molecule has 1 rings (SSSR count). The minimum Gasteiger partial charge on any atom is -0.493 e. The quantitative estimate of drug-likeness (QED) is 0.747. The molecule has 2 N–H and O–H groups in total. The van der Waals surface area contributed by atoms with Crippen LogP contribution in [0, 0.1) is 5.92 Å². The van der Waals surface area contributed by atoms with Crippen LogP contribution in [0.4, 0.5) is 4.79 Å². The van der Waals surface area contributed by atoms with Crippen LogP contribution in [0.15, 0.2) is 22.7 Å². The van der Waals surface area contributed by atoms with Crippen molar-refractivity contribution in [3.8, 4) is 5.75 Å². The molecule has 0 spiro atoms. The summed E-state index contributed by atoms with van der Waals surface area (Å²) in [5.41, 5.74) is 1.06. The van der Waals surface area contributed by atoms with Crippen molar-refractivity contribution in [2.24, 2.45) is 5.92 Å². The summed E-state index contributed by atoms with van der Waals surface area (Å²) >= 11 is 3.50. The first-order chi connectivity index (χ1) is 9.52. The standard InChI is InChI=1S/C15H22BrNO3/c1-3-4-11(2)10-20-13-6-5-12(14(16)9-13)7-8-17-15(18)19/h5-6,9,11,17H,3-4,7-8,10H2,1-2H3,(H,18,19). The maximum Gasteiger partial charge on any atom is 0.404 e. The minimum atomic E-state index is -0.994. The number of carboxylic acid groups (broad SMARTS) is 1. The van der Waals surface area contributed by atoms with Crippen LogP contribution in [0.2, 0.25) is 0 Å². The number of carbonyl (C=O) groups is 1. The van der Waals surface area contributed by atoms with Gasteiger partial charge in [-0.05, 0) is 36.5 Å². The molecular formula is C15H22BrNO3. The molecule has 0 aromatic heterocycles. The van der Waals surface area contributed by atoms with E-state index in [1.807, 2.05) is 18.2 Å². The summed E-state index contributed by atoms with van der Waals surface area (Å²) < 4.78 is 6.71. The largest absolute Gasteiger partial charge is 0.493 e. The van der Waals surface area contributed by atoms with Gasteiger partial charge in [0.1, 0.15) is 5.75 Å².